The van der Waals surface area contributed by atoms with E-state index < -0.39 is 0 Å². The summed E-state index contributed by atoms with van der Waals surface area (Å²) in [6.07, 6.45) is 1.59. The Bertz CT molecular complexity index is 829. The van der Waals surface area contributed by atoms with Gasteiger partial charge in [0, 0.05) is 23.0 Å². The fourth-order valence-electron chi connectivity index (χ4n) is 2.94. The minimum absolute atomic E-state index is 0.0494. The fraction of sp³-hybridized carbons (Fsp3) is 0.250. The second-order valence-corrected chi connectivity index (χ2v) is 6.71. The molecule has 0 aliphatic carbocycles. The molecule has 2 amide bonds. The molecule has 1 heterocycles. The number of anilines is 1. The lowest BCUT2D eigenvalue weighted by Crippen LogP contribution is -2.33. The maximum Gasteiger partial charge on any atom is 0.240 e. The van der Waals surface area contributed by atoms with Gasteiger partial charge in [0.15, 0.2) is 0 Å². The van der Waals surface area contributed by atoms with Crippen LogP contribution in [0.4, 0.5) is 5.69 Å². The lowest BCUT2D eigenvalue weighted by atomic mass is 9.90. The van der Waals surface area contributed by atoms with Crippen LogP contribution in [0.1, 0.15) is 30.9 Å². The third-order valence-electron chi connectivity index (χ3n) is 4.35. The summed E-state index contributed by atoms with van der Waals surface area (Å²) in [4.78, 5) is 23.7. The Balaban J connectivity index is 1.65. The minimum Gasteiger partial charge on any atom is -0.326 e. The number of amides is 2. The molecule has 2 N–H and O–H groups in total. The second-order valence-electron chi connectivity index (χ2n) is 6.27. The monoisotopic (exact) mass is 369 g/mol. The van der Waals surface area contributed by atoms with E-state index in [1.165, 1.54) is 0 Å². The van der Waals surface area contributed by atoms with Gasteiger partial charge in [-0.25, -0.2) is 5.43 Å². The standard InChI is InChI=1S/C20H20ClN3O2/c1-2-14-12-19(26)23-24-20(14)15-5-9-17(10-6-15)22-18(25)11-13-3-7-16(21)8-4-13/h3-10,14H,2,11-12H2,1H3,(H,22,25)(H,23,26). The van der Waals surface area contributed by atoms with Crippen molar-refractivity contribution in [3.05, 3.63) is 64.7 Å². The molecule has 0 fully saturated rings. The van der Waals surface area contributed by atoms with Crippen LogP contribution in [0.15, 0.2) is 53.6 Å². The van der Waals surface area contributed by atoms with Gasteiger partial charge in [-0.05, 0) is 41.8 Å². The molecule has 0 bridgehead atoms. The molecule has 2 aromatic carbocycles. The van der Waals surface area contributed by atoms with Crippen LogP contribution in [-0.4, -0.2) is 17.5 Å². The number of hydrogen-bond donors (Lipinski definition) is 2. The molecule has 0 spiro atoms. The molecule has 3 rings (SSSR count). The Morgan fingerprint density at radius 1 is 1.19 bits per heavy atom. The number of carbonyl (C=O) groups is 2. The number of nitrogens with one attached hydrogen (secondary N) is 2. The van der Waals surface area contributed by atoms with E-state index >= 15 is 0 Å². The maximum absolute atomic E-state index is 12.2. The Labute approximate surface area is 157 Å². The molecule has 1 atom stereocenters. The van der Waals surface area contributed by atoms with E-state index in [1.807, 2.05) is 43.3 Å². The van der Waals surface area contributed by atoms with Crippen LogP contribution in [-0.2, 0) is 16.0 Å². The molecule has 2 aromatic rings. The summed E-state index contributed by atoms with van der Waals surface area (Å²) in [5.41, 5.74) is 6.00. The first-order chi connectivity index (χ1) is 12.5. The van der Waals surface area contributed by atoms with E-state index in [9.17, 15) is 9.59 Å². The van der Waals surface area contributed by atoms with Gasteiger partial charge < -0.3 is 5.32 Å². The van der Waals surface area contributed by atoms with Crippen LogP contribution in [0.2, 0.25) is 5.02 Å². The maximum atomic E-state index is 12.2. The largest absolute Gasteiger partial charge is 0.326 e. The molecule has 0 saturated carbocycles. The lowest BCUT2D eigenvalue weighted by molar-refractivity contribution is -0.122. The molecule has 1 aliphatic rings. The van der Waals surface area contributed by atoms with Gasteiger partial charge in [-0.15, -0.1) is 0 Å². The predicted octanol–water partition coefficient (Wildman–Crippen LogP) is 3.77. The van der Waals surface area contributed by atoms with Crippen molar-refractivity contribution in [2.45, 2.75) is 26.2 Å². The average molecular weight is 370 g/mol. The molecule has 26 heavy (non-hydrogen) atoms. The zero-order chi connectivity index (χ0) is 18.5. The summed E-state index contributed by atoms with van der Waals surface area (Å²) in [5, 5.41) is 7.74. The molecule has 0 saturated heterocycles. The quantitative estimate of drug-likeness (QED) is 0.842. The number of nitrogens with zero attached hydrogens (tertiary/aromatic N) is 1. The number of carbonyl (C=O) groups excluding carboxylic acids is 2. The van der Waals surface area contributed by atoms with E-state index in [2.05, 4.69) is 15.8 Å². The third kappa shape index (κ3) is 4.49. The number of hydrazone groups is 1. The first-order valence-corrected chi connectivity index (χ1v) is 8.94. The summed E-state index contributed by atoms with van der Waals surface area (Å²) in [7, 11) is 0. The van der Waals surface area contributed by atoms with Crippen LogP contribution in [0.3, 0.4) is 0 Å². The number of rotatable bonds is 5. The van der Waals surface area contributed by atoms with E-state index in [-0.39, 0.29) is 24.2 Å². The van der Waals surface area contributed by atoms with Gasteiger partial charge in [-0.2, -0.15) is 5.10 Å². The number of benzene rings is 2. The van der Waals surface area contributed by atoms with Gasteiger partial charge in [-0.1, -0.05) is 42.8 Å². The van der Waals surface area contributed by atoms with Crippen LogP contribution < -0.4 is 10.7 Å². The second kappa shape index (κ2) is 8.15. The van der Waals surface area contributed by atoms with Gasteiger partial charge in [0.1, 0.15) is 0 Å². The van der Waals surface area contributed by atoms with Crippen molar-refractivity contribution in [3.63, 3.8) is 0 Å². The SMILES string of the molecule is CCC1CC(=O)NN=C1c1ccc(NC(=O)Cc2ccc(Cl)cc2)cc1. The van der Waals surface area contributed by atoms with Gasteiger partial charge in [0.2, 0.25) is 11.8 Å². The first kappa shape index (κ1) is 18.1. The Morgan fingerprint density at radius 3 is 2.54 bits per heavy atom. The van der Waals surface area contributed by atoms with Crippen LogP contribution in [0.5, 0.6) is 0 Å². The predicted molar refractivity (Wildman–Crippen MR) is 103 cm³/mol. The van der Waals surface area contributed by atoms with Crippen molar-refractivity contribution >= 4 is 34.8 Å². The molecular formula is C20H20ClN3O2. The highest BCUT2D eigenvalue weighted by Gasteiger charge is 2.23. The van der Waals surface area contributed by atoms with E-state index in [0.717, 1.165) is 28.9 Å². The van der Waals surface area contributed by atoms with Gasteiger partial charge in [-0.3, -0.25) is 9.59 Å². The van der Waals surface area contributed by atoms with Gasteiger partial charge >= 0.3 is 0 Å². The van der Waals surface area contributed by atoms with Crippen LogP contribution in [0.25, 0.3) is 0 Å². The Hall–Kier alpha value is -2.66. The molecule has 6 heteroatoms. The highest BCUT2D eigenvalue weighted by molar-refractivity contribution is 6.30. The van der Waals surface area contributed by atoms with Crippen molar-refractivity contribution < 1.29 is 9.59 Å². The summed E-state index contributed by atoms with van der Waals surface area (Å²) < 4.78 is 0. The normalized spacial score (nSPS) is 16.6. The first-order valence-electron chi connectivity index (χ1n) is 8.56. The molecule has 134 valence electrons. The lowest BCUT2D eigenvalue weighted by Gasteiger charge is -2.21. The van der Waals surface area contributed by atoms with E-state index in [4.69, 9.17) is 11.6 Å². The van der Waals surface area contributed by atoms with Crippen molar-refractivity contribution in [2.75, 3.05) is 5.32 Å². The fourth-order valence-corrected chi connectivity index (χ4v) is 3.06. The number of hydrogen-bond acceptors (Lipinski definition) is 3. The summed E-state index contributed by atoms with van der Waals surface area (Å²) in [6, 6.07) is 14.7. The minimum atomic E-state index is -0.0891. The molecular weight excluding hydrogens is 350 g/mol. The van der Waals surface area contributed by atoms with E-state index in [1.54, 1.807) is 12.1 Å². The zero-order valence-electron chi connectivity index (χ0n) is 14.5. The molecule has 0 radical (unpaired) electrons. The van der Waals surface area contributed by atoms with E-state index in [0.29, 0.717) is 11.4 Å². The molecule has 1 unspecified atom stereocenters. The van der Waals surface area contributed by atoms with Crippen molar-refractivity contribution in [2.24, 2.45) is 11.0 Å². The third-order valence-corrected chi connectivity index (χ3v) is 4.61. The average Bonchev–Trinajstić information content (AvgIpc) is 2.64. The van der Waals surface area contributed by atoms with Crippen LogP contribution >= 0.6 is 11.6 Å². The number of halogens is 1. The topological polar surface area (TPSA) is 70.6 Å². The van der Waals surface area contributed by atoms with Gasteiger partial charge in [0.05, 0.1) is 12.1 Å². The Morgan fingerprint density at radius 2 is 1.88 bits per heavy atom. The molecule has 0 aromatic heterocycles. The summed E-state index contributed by atoms with van der Waals surface area (Å²) >= 11 is 5.85. The van der Waals surface area contributed by atoms with Crippen molar-refractivity contribution in [1.82, 2.24) is 5.43 Å². The van der Waals surface area contributed by atoms with Crippen molar-refractivity contribution in [3.8, 4) is 0 Å². The molecule has 5 nitrogen and oxygen atoms in total. The van der Waals surface area contributed by atoms with Crippen LogP contribution in [0, 0.1) is 5.92 Å². The molecule has 1 aliphatic heterocycles. The summed E-state index contributed by atoms with van der Waals surface area (Å²) in [5.74, 6) is -0.0189. The summed E-state index contributed by atoms with van der Waals surface area (Å²) in [6.45, 7) is 2.05. The zero-order valence-corrected chi connectivity index (χ0v) is 15.2. The van der Waals surface area contributed by atoms with Crippen molar-refractivity contribution in [1.29, 1.82) is 0 Å². The smallest absolute Gasteiger partial charge is 0.240 e. The Kier molecular flexibility index (Phi) is 5.68. The highest BCUT2D eigenvalue weighted by Crippen LogP contribution is 2.21. The highest BCUT2D eigenvalue weighted by atomic mass is 35.5. The van der Waals surface area contributed by atoms with Gasteiger partial charge in [0.25, 0.3) is 0 Å².